The van der Waals surface area contributed by atoms with Crippen molar-refractivity contribution >= 4 is 5.97 Å². The maximum absolute atomic E-state index is 15.0. The molecule has 4 nitrogen and oxygen atoms in total. The molecule has 1 N–H and O–H groups in total. The maximum Gasteiger partial charge on any atom is 0.341 e. The van der Waals surface area contributed by atoms with Gasteiger partial charge in [0.05, 0.1) is 12.7 Å². The van der Waals surface area contributed by atoms with Crippen LogP contribution in [0, 0.1) is 23.4 Å². The summed E-state index contributed by atoms with van der Waals surface area (Å²) >= 11 is 0. The Morgan fingerprint density at radius 3 is 1.94 bits per heavy atom. The van der Waals surface area contributed by atoms with Gasteiger partial charge < -0.3 is 14.6 Å². The molecule has 0 unspecified atom stereocenters. The molecule has 0 heterocycles. The number of rotatable bonds is 6. The minimum atomic E-state index is -0.775. The minimum absolute atomic E-state index is 0.0140. The predicted octanol–water partition coefficient (Wildman–Crippen LogP) is 6.26. The molecule has 0 atom stereocenters. The molecule has 0 spiro atoms. The summed E-state index contributed by atoms with van der Waals surface area (Å²) in [7, 11) is 1.41. The van der Waals surface area contributed by atoms with Gasteiger partial charge in [0.15, 0.2) is 11.6 Å². The molecular weight excluding hydrogens is 445 g/mol. The minimum Gasteiger partial charge on any atom is -0.497 e. The van der Waals surface area contributed by atoms with Crippen molar-refractivity contribution in [2.45, 2.75) is 69.3 Å². The van der Waals surface area contributed by atoms with Crippen LogP contribution < -0.4 is 4.74 Å². The van der Waals surface area contributed by atoms with Gasteiger partial charge in [-0.2, -0.15) is 0 Å². The van der Waals surface area contributed by atoms with Crippen molar-refractivity contribution in [1.82, 2.24) is 0 Å². The first-order chi connectivity index (χ1) is 16.4. The SMILES string of the molecule is COc1ccc(C(=O)OC2CCC(c3ccc(C4CCC(CO)CC4)c(F)c3F)CC2)c(F)c1. The molecular formula is C27H31F3O4. The Balaban J connectivity index is 1.36. The number of aliphatic hydroxyl groups excluding tert-OH is 1. The number of carbonyl (C=O) groups excluding carboxylic acids is 1. The lowest BCUT2D eigenvalue weighted by atomic mass is 9.77. The third-order valence-corrected chi connectivity index (χ3v) is 7.47. The zero-order chi connectivity index (χ0) is 24.2. The summed E-state index contributed by atoms with van der Waals surface area (Å²) in [5, 5.41) is 9.30. The molecule has 0 radical (unpaired) electrons. The number of aliphatic hydroxyl groups is 1. The predicted molar refractivity (Wildman–Crippen MR) is 122 cm³/mol. The van der Waals surface area contributed by atoms with Gasteiger partial charge in [-0.3, -0.25) is 0 Å². The molecule has 0 aromatic heterocycles. The Bertz CT molecular complexity index is 1010. The number of benzene rings is 2. The topological polar surface area (TPSA) is 55.8 Å². The average molecular weight is 477 g/mol. The first-order valence-corrected chi connectivity index (χ1v) is 12.0. The van der Waals surface area contributed by atoms with E-state index in [1.165, 1.54) is 19.2 Å². The summed E-state index contributed by atoms with van der Waals surface area (Å²) in [6, 6.07) is 7.38. The van der Waals surface area contributed by atoms with Gasteiger partial charge >= 0.3 is 5.97 Å². The molecule has 2 aliphatic rings. The summed E-state index contributed by atoms with van der Waals surface area (Å²) in [5.41, 5.74) is 0.651. The first-order valence-electron chi connectivity index (χ1n) is 12.0. The lowest BCUT2D eigenvalue weighted by Crippen LogP contribution is -2.25. The van der Waals surface area contributed by atoms with E-state index in [-0.39, 0.29) is 36.0 Å². The van der Waals surface area contributed by atoms with Crippen molar-refractivity contribution in [2.75, 3.05) is 13.7 Å². The highest BCUT2D eigenvalue weighted by molar-refractivity contribution is 5.90. The average Bonchev–Trinajstić information content (AvgIpc) is 2.86. The highest BCUT2D eigenvalue weighted by Crippen LogP contribution is 2.41. The zero-order valence-electron chi connectivity index (χ0n) is 19.4. The third-order valence-electron chi connectivity index (χ3n) is 7.47. The van der Waals surface area contributed by atoms with Crippen molar-refractivity contribution in [1.29, 1.82) is 0 Å². The van der Waals surface area contributed by atoms with Crippen LogP contribution in [0.1, 0.15) is 84.7 Å². The smallest absolute Gasteiger partial charge is 0.341 e. The van der Waals surface area contributed by atoms with E-state index < -0.39 is 23.4 Å². The van der Waals surface area contributed by atoms with E-state index in [2.05, 4.69) is 0 Å². The van der Waals surface area contributed by atoms with Gasteiger partial charge in [0.1, 0.15) is 17.7 Å². The van der Waals surface area contributed by atoms with Crippen molar-refractivity contribution in [3.63, 3.8) is 0 Å². The second-order valence-corrected chi connectivity index (χ2v) is 9.50. The number of hydrogen-bond acceptors (Lipinski definition) is 4. The van der Waals surface area contributed by atoms with E-state index in [0.29, 0.717) is 42.6 Å². The van der Waals surface area contributed by atoms with E-state index in [1.54, 1.807) is 12.1 Å². The number of carbonyl (C=O) groups is 1. The molecule has 4 rings (SSSR count). The fraction of sp³-hybridized carbons (Fsp3) is 0.519. The molecule has 7 heteroatoms. The number of ether oxygens (including phenoxy) is 2. The van der Waals surface area contributed by atoms with E-state index in [1.807, 2.05) is 0 Å². The van der Waals surface area contributed by atoms with Crippen molar-refractivity contribution in [3.8, 4) is 5.75 Å². The fourth-order valence-corrected chi connectivity index (χ4v) is 5.36. The van der Waals surface area contributed by atoms with Gasteiger partial charge in [0, 0.05) is 12.7 Å². The van der Waals surface area contributed by atoms with Crippen LogP contribution in [0.25, 0.3) is 0 Å². The monoisotopic (exact) mass is 476 g/mol. The Kier molecular flexibility index (Phi) is 7.81. The molecule has 2 aromatic rings. The second kappa shape index (κ2) is 10.8. The van der Waals surface area contributed by atoms with E-state index >= 15 is 4.39 Å². The van der Waals surface area contributed by atoms with Crippen LogP contribution in [-0.2, 0) is 4.74 Å². The van der Waals surface area contributed by atoms with Crippen LogP contribution in [0.4, 0.5) is 13.2 Å². The Labute approximate surface area is 198 Å². The van der Waals surface area contributed by atoms with E-state index in [0.717, 1.165) is 31.7 Å². The fourth-order valence-electron chi connectivity index (χ4n) is 5.36. The van der Waals surface area contributed by atoms with Crippen LogP contribution >= 0.6 is 0 Å². The van der Waals surface area contributed by atoms with E-state index in [4.69, 9.17) is 9.47 Å². The summed E-state index contributed by atoms with van der Waals surface area (Å²) in [4.78, 5) is 12.4. The molecule has 0 bridgehead atoms. The molecule has 2 aromatic carbocycles. The van der Waals surface area contributed by atoms with Crippen LogP contribution in [0.5, 0.6) is 5.75 Å². The molecule has 2 fully saturated rings. The molecule has 0 amide bonds. The Hall–Kier alpha value is -2.54. The molecule has 0 saturated heterocycles. The summed E-state index contributed by atoms with van der Waals surface area (Å²) in [6.45, 7) is 0.148. The lowest BCUT2D eigenvalue weighted by Gasteiger charge is -2.30. The number of hydrogen-bond donors (Lipinski definition) is 1. The Morgan fingerprint density at radius 2 is 1.44 bits per heavy atom. The van der Waals surface area contributed by atoms with Gasteiger partial charge in [-0.05, 0) is 92.4 Å². The lowest BCUT2D eigenvalue weighted by molar-refractivity contribution is 0.0189. The van der Waals surface area contributed by atoms with Gasteiger partial charge in [-0.25, -0.2) is 18.0 Å². The first kappa shape index (κ1) is 24.6. The van der Waals surface area contributed by atoms with Crippen molar-refractivity contribution in [2.24, 2.45) is 5.92 Å². The van der Waals surface area contributed by atoms with Crippen LogP contribution in [0.3, 0.4) is 0 Å². The second-order valence-electron chi connectivity index (χ2n) is 9.50. The van der Waals surface area contributed by atoms with Crippen LogP contribution in [-0.4, -0.2) is 30.9 Å². The summed E-state index contributed by atoms with van der Waals surface area (Å²) < 4.78 is 54.6. The van der Waals surface area contributed by atoms with Gasteiger partial charge in [-0.1, -0.05) is 12.1 Å². The highest BCUT2D eigenvalue weighted by atomic mass is 19.2. The number of methoxy groups -OCH3 is 1. The summed E-state index contributed by atoms with van der Waals surface area (Å²) in [6.07, 6.45) is 4.89. The third kappa shape index (κ3) is 5.24. The standard InChI is InChI=1S/C27H31F3O4/c1-33-20-10-11-23(24(28)14-20)27(32)34-19-8-6-18(7-9-19)22-13-12-21(25(29)26(22)30)17-4-2-16(15-31)3-5-17/h10-14,16-19,31H,2-9,15H2,1H3. The van der Waals surface area contributed by atoms with Gasteiger partial charge in [0.2, 0.25) is 0 Å². The van der Waals surface area contributed by atoms with E-state index in [9.17, 15) is 18.7 Å². The van der Waals surface area contributed by atoms with Crippen molar-refractivity contribution in [3.05, 3.63) is 64.5 Å². The maximum atomic E-state index is 15.0. The zero-order valence-corrected chi connectivity index (χ0v) is 19.4. The molecule has 0 aliphatic heterocycles. The Morgan fingerprint density at radius 1 is 0.882 bits per heavy atom. The molecule has 184 valence electrons. The molecule has 2 saturated carbocycles. The van der Waals surface area contributed by atoms with Crippen molar-refractivity contribution < 1.29 is 32.5 Å². The molecule has 34 heavy (non-hydrogen) atoms. The number of esters is 1. The number of halogens is 3. The van der Waals surface area contributed by atoms with Crippen LogP contribution in [0.15, 0.2) is 30.3 Å². The highest BCUT2D eigenvalue weighted by Gasteiger charge is 2.31. The largest absolute Gasteiger partial charge is 0.497 e. The normalized spacial score (nSPS) is 25.1. The molecule has 2 aliphatic carbocycles. The quantitative estimate of drug-likeness (QED) is 0.500. The van der Waals surface area contributed by atoms with Gasteiger partial charge in [0.25, 0.3) is 0 Å². The van der Waals surface area contributed by atoms with Crippen LogP contribution in [0.2, 0.25) is 0 Å². The van der Waals surface area contributed by atoms with Gasteiger partial charge in [-0.15, -0.1) is 0 Å². The summed E-state index contributed by atoms with van der Waals surface area (Å²) in [5.74, 6) is -2.57.